The molecule has 184 valence electrons. The fraction of sp³-hybridized carbons (Fsp3) is 0.364. The summed E-state index contributed by atoms with van der Waals surface area (Å²) < 4.78 is 57.6. The molecule has 2 aliphatic rings. The number of carbonyl (C=O) groups excluding carboxylic acids is 2. The van der Waals surface area contributed by atoms with E-state index < -0.39 is 41.2 Å². The molecule has 8 nitrogen and oxygen atoms in total. The average Bonchev–Trinajstić information content (AvgIpc) is 3.10. The van der Waals surface area contributed by atoms with Crippen LogP contribution in [0.5, 0.6) is 0 Å². The van der Waals surface area contributed by atoms with Crippen molar-refractivity contribution >= 4 is 28.3 Å². The Balaban J connectivity index is 1.36. The number of amides is 2. The maximum atomic E-state index is 13.8. The van der Waals surface area contributed by atoms with Gasteiger partial charge in [0.2, 0.25) is 0 Å². The number of piperidine rings is 1. The molecule has 3 N–H and O–H groups in total. The lowest BCUT2D eigenvalue weighted by Gasteiger charge is -2.27. The number of carbonyl (C=O) groups is 2. The van der Waals surface area contributed by atoms with Gasteiger partial charge in [0.05, 0.1) is 16.6 Å². The molecule has 35 heavy (non-hydrogen) atoms. The van der Waals surface area contributed by atoms with Crippen LogP contribution in [0.1, 0.15) is 45.1 Å². The number of benzene rings is 1. The summed E-state index contributed by atoms with van der Waals surface area (Å²) in [5.74, 6) is -3.11. The van der Waals surface area contributed by atoms with Crippen LogP contribution >= 0.6 is 11.3 Å². The number of nitrogens with zero attached hydrogens (tertiary/aromatic N) is 3. The van der Waals surface area contributed by atoms with Gasteiger partial charge in [-0.05, 0) is 43.4 Å². The summed E-state index contributed by atoms with van der Waals surface area (Å²) in [5.41, 5.74) is 5.54. The first-order valence-electron chi connectivity index (χ1n) is 10.7. The summed E-state index contributed by atoms with van der Waals surface area (Å²) in [5, 5.41) is 5.90. The van der Waals surface area contributed by atoms with Crippen LogP contribution in [0.4, 0.5) is 22.7 Å². The van der Waals surface area contributed by atoms with Gasteiger partial charge >= 0.3 is 6.18 Å². The number of aromatic nitrogens is 2. The molecule has 3 atom stereocenters. The van der Waals surface area contributed by atoms with Gasteiger partial charge in [0, 0.05) is 12.6 Å². The molecular weight excluding hydrogens is 490 g/mol. The van der Waals surface area contributed by atoms with Gasteiger partial charge in [-0.2, -0.15) is 13.2 Å². The maximum absolute atomic E-state index is 13.8. The van der Waals surface area contributed by atoms with Gasteiger partial charge in [0.1, 0.15) is 17.1 Å². The molecule has 13 heteroatoms. The number of thiazole rings is 1. The molecule has 1 aromatic carbocycles. The van der Waals surface area contributed by atoms with Crippen LogP contribution in [-0.2, 0) is 6.18 Å². The van der Waals surface area contributed by atoms with Gasteiger partial charge in [-0.25, -0.2) is 9.37 Å². The lowest BCUT2D eigenvalue weighted by Crippen LogP contribution is -2.45. The number of anilines is 1. The summed E-state index contributed by atoms with van der Waals surface area (Å²) in [6.07, 6.45) is -3.50. The van der Waals surface area contributed by atoms with E-state index in [0.29, 0.717) is 16.9 Å². The van der Waals surface area contributed by atoms with E-state index in [0.717, 1.165) is 17.8 Å². The number of hydrogen-bond acceptors (Lipinski definition) is 7. The normalized spacial score (nSPS) is 21.2. The van der Waals surface area contributed by atoms with Crippen molar-refractivity contribution < 1.29 is 31.7 Å². The fourth-order valence-corrected chi connectivity index (χ4v) is 5.44. The Hall–Kier alpha value is -3.48. The van der Waals surface area contributed by atoms with Crippen LogP contribution in [0, 0.1) is 18.7 Å². The smallest absolute Gasteiger partial charge is 0.375 e. The van der Waals surface area contributed by atoms with Gasteiger partial charge in [0.15, 0.2) is 5.13 Å². The molecule has 1 aliphatic carbocycles. The van der Waals surface area contributed by atoms with Gasteiger partial charge < -0.3 is 20.5 Å². The third-order valence-corrected chi connectivity index (χ3v) is 7.16. The van der Waals surface area contributed by atoms with E-state index in [1.54, 1.807) is 11.0 Å². The quantitative estimate of drug-likeness (QED) is 0.505. The highest BCUT2D eigenvalue weighted by Gasteiger charge is 2.54. The molecule has 0 radical (unpaired) electrons. The highest BCUT2D eigenvalue weighted by Crippen LogP contribution is 2.49. The highest BCUT2D eigenvalue weighted by molar-refractivity contribution is 7.19. The van der Waals surface area contributed by atoms with E-state index in [2.05, 4.69) is 20.0 Å². The second-order valence-corrected chi connectivity index (χ2v) is 9.62. The van der Waals surface area contributed by atoms with Crippen molar-refractivity contribution in [1.29, 1.82) is 0 Å². The number of halogens is 4. The second kappa shape index (κ2) is 8.33. The number of likely N-dealkylation sites (tertiary alicyclic amines) is 1. The largest absolute Gasteiger partial charge is 0.453 e. The molecule has 2 amide bonds. The molecule has 3 aromatic rings. The van der Waals surface area contributed by atoms with Crippen molar-refractivity contribution in [3.05, 3.63) is 52.8 Å². The van der Waals surface area contributed by atoms with Crippen molar-refractivity contribution in [3.63, 3.8) is 0 Å². The fourth-order valence-electron chi connectivity index (χ4n) is 4.62. The van der Waals surface area contributed by atoms with Crippen LogP contribution < -0.4 is 11.1 Å². The van der Waals surface area contributed by atoms with E-state index in [-0.39, 0.29) is 35.0 Å². The Morgan fingerprint density at radius 1 is 1.31 bits per heavy atom. The zero-order valence-electron chi connectivity index (χ0n) is 18.2. The Morgan fingerprint density at radius 2 is 2.09 bits per heavy atom. The molecule has 0 bridgehead atoms. The highest BCUT2D eigenvalue weighted by atomic mass is 32.1. The van der Waals surface area contributed by atoms with E-state index >= 15 is 0 Å². The number of aryl methyl sites for hydroxylation is 1. The number of nitrogen functional groups attached to an aromatic ring is 1. The maximum Gasteiger partial charge on any atom is 0.453 e. The molecular formula is C22H19F4N5O3S. The zero-order valence-corrected chi connectivity index (χ0v) is 19.0. The molecule has 3 heterocycles. The average molecular weight is 509 g/mol. The minimum atomic E-state index is -4.87. The Labute approximate surface area is 200 Å². The lowest BCUT2D eigenvalue weighted by atomic mass is 10.1. The number of hydrogen-bond donors (Lipinski definition) is 2. The first-order valence-corrected chi connectivity index (χ1v) is 11.5. The Kier molecular flexibility index (Phi) is 5.54. The van der Waals surface area contributed by atoms with Gasteiger partial charge in [-0.15, -0.1) is 0 Å². The Bertz CT molecular complexity index is 1320. The third-order valence-electron chi connectivity index (χ3n) is 6.22. The van der Waals surface area contributed by atoms with Crippen molar-refractivity contribution in [2.75, 3.05) is 12.3 Å². The van der Waals surface area contributed by atoms with Crippen LogP contribution in [0.15, 0.2) is 28.8 Å². The number of nitrogens with one attached hydrogen (secondary N) is 1. The van der Waals surface area contributed by atoms with Crippen LogP contribution in [-0.4, -0.2) is 45.5 Å². The minimum absolute atomic E-state index is 0.0595. The van der Waals surface area contributed by atoms with Gasteiger partial charge in [-0.3, -0.25) is 9.59 Å². The summed E-state index contributed by atoms with van der Waals surface area (Å²) in [6.45, 7) is 1.18. The van der Waals surface area contributed by atoms with E-state index in [4.69, 9.17) is 5.73 Å². The monoisotopic (exact) mass is 509 g/mol. The number of fused-ring (bicyclic) bond motifs is 1. The van der Waals surface area contributed by atoms with Crippen molar-refractivity contribution in [1.82, 2.24) is 20.4 Å². The van der Waals surface area contributed by atoms with E-state index in [9.17, 15) is 27.2 Å². The topological polar surface area (TPSA) is 114 Å². The molecule has 0 unspecified atom stereocenters. The van der Waals surface area contributed by atoms with E-state index in [1.165, 1.54) is 25.1 Å². The first-order chi connectivity index (χ1) is 16.5. The number of rotatable bonds is 5. The molecule has 1 aliphatic heterocycles. The van der Waals surface area contributed by atoms with Gasteiger partial charge in [0.25, 0.3) is 17.6 Å². The zero-order chi connectivity index (χ0) is 25.1. The Morgan fingerprint density at radius 3 is 2.80 bits per heavy atom. The minimum Gasteiger partial charge on any atom is -0.375 e. The molecule has 2 aromatic heterocycles. The third kappa shape index (κ3) is 4.24. The number of alkyl halides is 3. The van der Waals surface area contributed by atoms with Crippen molar-refractivity contribution in [2.24, 2.45) is 5.92 Å². The van der Waals surface area contributed by atoms with Crippen LogP contribution in [0.3, 0.4) is 0 Å². The summed E-state index contributed by atoms with van der Waals surface area (Å²) in [4.78, 5) is 32.3. The summed E-state index contributed by atoms with van der Waals surface area (Å²) in [6, 6.07) is 5.22. The lowest BCUT2D eigenvalue weighted by molar-refractivity contribution is -0.155. The molecule has 5 rings (SSSR count). The summed E-state index contributed by atoms with van der Waals surface area (Å²) in [7, 11) is 0. The SMILES string of the molecule is Cc1noc(C(F)(F)F)c1C(=O)NC[C@@H]1C[C@@H]2C[C@@H]2N1C(=O)c1nc(N)sc1-c1cccc(F)c1. The molecule has 1 saturated heterocycles. The van der Waals surface area contributed by atoms with Crippen LogP contribution in [0.25, 0.3) is 10.4 Å². The van der Waals surface area contributed by atoms with Gasteiger partial charge in [-0.1, -0.05) is 28.6 Å². The molecule has 0 spiro atoms. The first kappa shape index (κ1) is 23.3. The standard InChI is InChI=1S/C22H19F4N5O3S/c1-9-15(18(34-30-9)22(24,25)26)19(32)28-8-13-6-11-7-14(11)31(13)20(33)16-17(35-21(27)29-16)10-3-2-4-12(23)5-10/h2-5,11,13-14H,6-8H2,1H3,(H2,27,29)(H,28,32)/t11-,13+,14+/m1/s1. The van der Waals surface area contributed by atoms with Crippen molar-refractivity contribution in [3.8, 4) is 10.4 Å². The number of nitrogens with two attached hydrogens (primary N) is 1. The molecule has 2 fully saturated rings. The second-order valence-electron chi connectivity index (χ2n) is 8.59. The predicted molar refractivity (Wildman–Crippen MR) is 117 cm³/mol. The predicted octanol–water partition coefficient (Wildman–Crippen LogP) is 3.88. The summed E-state index contributed by atoms with van der Waals surface area (Å²) >= 11 is 1.06. The molecule has 1 saturated carbocycles. The van der Waals surface area contributed by atoms with E-state index in [1.807, 2.05) is 0 Å². The van der Waals surface area contributed by atoms with Crippen LogP contribution in [0.2, 0.25) is 0 Å². The van der Waals surface area contributed by atoms with Crippen molar-refractivity contribution in [2.45, 2.75) is 38.0 Å².